The fourth-order valence-corrected chi connectivity index (χ4v) is 5.05. The van der Waals surface area contributed by atoms with Crippen LogP contribution in [0.1, 0.15) is 36.0 Å². The highest BCUT2D eigenvalue weighted by Gasteiger charge is 2.39. The molecule has 2 amide bonds. The molecule has 14 heteroatoms. The number of halogens is 3. The maximum Gasteiger partial charge on any atom is 0.471 e. The number of hydrogen-bond donors (Lipinski definition) is 3. The molecule has 0 fully saturated rings. The summed E-state index contributed by atoms with van der Waals surface area (Å²) in [6.07, 6.45) is -5.36. The van der Waals surface area contributed by atoms with E-state index >= 15 is 0 Å². The van der Waals surface area contributed by atoms with Gasteiger partial charge in [0, 0.05) is 32.7 Å². The fourth-order valence-electron chi connectivity index (χ4n) is 5.05. The number of methoxy groups -OCH3 is 2. The molecule has 0 aliphatic rings. The highest BCUT2D eigenvalue weighted by Crippen LogP contribution is 2.41. The number of hydrogen-bond acceptors (Lipinski definition) is 9. The van der Waals surface area contributed by atoms with E-state index in [1.807, 2.05) is 78.9 Å². The number of aliphatic hydroxyl groups excluding tert-OH is 1. The summed E-state index contributed by atoms with van der Waals surface area (Å²) in [5.74, 6) is -1.09. The monoisotopic (exact) mass is 720 g/mol. The predicted octanol–water partition coefficient (Wildman–Crippen LogP) is 4.39. The normalized spacial score (nSPS) is 12.3. The third-order valence-electron chi connectivity index (χ3n) is 7.70. The minimum atomic E-state index is -4.89. The minimum absolute atomic E-state index is 0.0545. The zero-order valence-electron chi connectivity index (χ0n) is 28.9. The van der Waals surface area contributed by atoms with Crippen molar-refractivity contribution < 1.29 is 56.3 Å². The van der Waals surface area contributed by atoms with Gasteiger partial charge in [-0.05, 0) is 53.8 Å². The van der Waals surface area contributed by atoms with Crippen LogP contribution in [0.25, 0.3) is 0 Å². The van der Waals surface area contributed by atoms with Crippen molar-refractivity contribution >= 4 is 11.8 Å². The van der Waals surface area contributed by atoms with E-state index in [-0.39, 0.29) is 45.8 Å². The molecule has 0 unspecified atom stereocenters. The Hall–Kier alpha value is -4.21. The average molecular weight is 721 g/mol. The van der Waals surface area contributed by atoms with Crippen LogP contribution in [-0.2, 0) is 34.1 Å². The van der Waals surface area contributed by atoms with Gasteiger partial charge in [-0.25, -0.2) is 0 Å². The van der Waals surface area contributed by atoms with Gasteiger partial charge in [0.05, 0.1) is 47.3 Å². The van der Waals surface area contributed by atoms with Crippen LogP contribution in [0.2, 0.25) is 0 Å². The number of rotatable bonds is 24. The number of alkyl halides is 3. The predicted molar refractivity (Wildman–Crippen MR) is 183 cm³/mol. The Morgan fingerprint density at radius 2 is 1.10 bits per heavy atom. The van der Waals surface area contributed by atoms with E-state index in [9.17, 15) is 27.9 Å². The molecular formula is C37H47F3N2O9. The number of nitrogens with one attached hydrogen (secondary N) is 2. The zero-order chi connectivity index (χ0) is 37.0. The first-order valence-corrected chi connectivity index (χ1v) is 16.6. The van der Waals surface area contributed by atoms with Gasteiger partial charge in [0.2, 0.25) is 5.91 Å². The number of carbonyl (C=O) groups excluding carboxylic acids is 2. The summed E-state index contributed by atoms with van der Waals surface area (Å²) in [5, 5.41) is 15.2. The smallest absolute Gasteiger partial charge is 0.471 e. The van der Waals surface area contributed by atoms with E-state index in [1.165, 1.54) is 0 Å². The molecule has 0 aromatic heterocycles. The van der Waals surface area contributed by atoms with Crippen LogP contribution in [0.15, 0.2) is 78.9 Å². The molecule has 51 heavy (non-hydrogen) atoms. The summed E-state index contributed by atoms with van der Waals surface area (Å²) >= 11 is 0. The molecule has 0 aliphatic carbocycles. The first kappa shape index (κ1) is 41.2. The first-order valence-electron chi connectivity index (χ1n) is 16.6. The van der Waals surface area contributed by atoms with Crippen molar-refractivity contribution in [3.8, 4) is 11.5 Å². The van der Waals surface area contributed by atoms with Gasteiger partial charge in [0.25, 0.3) is 0 Å². The summed E-state index contributed by atoms with van der Waals surface area (Å²) in [6, 6.07) is 24.9. The lowest BCUT2D eigenvalue weighted by Crippen LogP contribution is -2.38. The lowest BCUT2D eigenvalue weighted by Gasteiger charge is -2.36. The molecule has 0 radical (unpaired) electrons. The van der Waals surface area contributed by atoms with Crippen LogP contribution in [0.3, 0.4) is 0 Å². The number of carbonyl (C=O) groups is 2. The molecule has 0 spiro atoms. The molecule has 3 aromatic rings. The van der Waals surface area contributed by atoms with Gasteiger partial charge in [0.15, 0.2) is 0 Å². The van der Waals surface area contributed by atoms with Crippen molar-refractivity contribution in [1.29, 1.82) is 0 Å². The third-order valence-corrected chi connectivity index (χ3v) is 7.70. The highest BCUT2D eigenvalue weighted by atomic mass is 19.4. The van der Waals surface area contributed by atoms with Crippen LogP contribution in [0.4, 0.5) is 13.2 Å². The van der Waals surface area contributed by atoms with Crippen molar-refractivity contribution in [2.45, 2.75) is 37.1 Å². The van der Waals surface area contributed by atoms with E-state index in [4.69, 9.17) is 28.4 Å². The Kier molecular flexibility index (Phi) is 17.7. The Morgan fingerprint density at radius 3 is 1.57 bits per heavy atom. The van der Waals surface area contributed by atoms with Crippen molar-refractivity contribution in [1.82, 2.24) is 10.6 Å². The van der Waals surface area contributed by atoms with Crippen molar-refractivity contribution in [2.75, 3.05) is 73.6 Å². The highest BCUT2D eigenvalue weighted by molar-refractivity contribution is 5.81. The van der Waals surface area contributed by atoms with Gasteiger partial charge in [-0.15, -0.1) is 0 Å². The molecule has 3 N–H and O–H groups in total. The molecule has 1 atom stereocenters. The molecule has 3 aromatic carbocycles. The standard InChI is InChI=1S/C37H47F3N2O9/c1-46-31-14-10-29(11-15-31)36(28-8-4-3-5-9-28,30-12-16-32(47-2)17-13-30)51-23-18-33(43)34(44)41-19-6-21-48-24-26-50-27-25-49-22-7-20-42-35(45)37(38,39)40/h3-5,8-17,33,43H,6-7,18-27H2,1-2H3,(H,41,44)(H,42,45)/t33-/m1/s1. The molecule has 0 aliphatic heterocycles. The topological polar surface area (TPSA) is 134 Å². The summed E-state index contributed by atoms with van der Waals surface area (Å²) in [4.78, 5) is 23.4. The molecule has 0 heterocycles. The average Bonchev–Trinajstić information content (AvgIpc) is 3.14. The van der Waals surface area contributed by atoms with Crippen LogP contribution >= 0.6 is 0 Å². The van der Waals surface area contributed by atoms with Gasteiger partial charge >= 0.3 is 12.1 Å². The molecular weight excluding hydrogens is 673 g/mol. The Balaban J connectivity index is 1.38. The van der Waals surface area contributed by atoms with Crippen LogP contribution in [-0.4, -0.2) is 103 Å². The Bertz CT molecular complexity index is 1380. The van der Waals surface area contributed by atoms with Gasteiger partial charge in [-0.2, -0.15) is 13.2 Å². The number of benzene rings is 3. The zero-order valence-corrected chi connectivity index (χ0v) is 28.9. The molecule has 280 valence electrons. The number of ether oxygens (including phenoxy) is 6. The van der Waals surface area contributed by atoms with E-state index in [0.717, 1.165) is 16.7 Å². The quantitative estimate of drug-likeness (QED) is 0.0911. The van der Waals surface area contributed by atoms with Crippen molar-refractivity contribution in [2.24, 2.45) is 0 Å². The van der Waals surface area contributed by atoms with Crippen molar-refractivity contribution in [3.63, 3.8) is 0 Å². The summed E-state index contributed by atoms with van der Waals surface area (Å²) in [5.41, 5.74) is 1.48. The van der Waals surface area contributed by atoms with Crippen molar-refractivity contribution in [3.05, 3.63) is 95.6 Å². The Labute approximate surface area is 296 Å². The lowest BCUT2D eigenvalue weighted by molar-refractivity contribution is -0.173. The van der Waals surface area contributed by atoms with E-state index in [1.54, 1.807) is 19.5 Å². The van der Waals surface area contributed by atoms with E-state index in [2.05, 4.69) is 5.32 Å². The van der Waals surface area contributed by atoms with Gasteiger partial charge in [0.1, 0.15) is 23.2 Å². The molecule has 11 nitrogen and oxygen atoms in total. The van der Waals surface area contributed by atoms with Gasteiger partial charge < -0.3 is 44.2 Å². The second kappa shape index (κ2) is 21.9. The summed E-state index contributed by atoms with van der Waals surface area (Å²) < 4.78 is 69.8. The first-order chi connectivity index (χ1) is 24.6. The van der Waals surface area contributed by atoms with E-state index < -0.39 is 29.7 Å². The summed E-state index contributed by atoms with van der Waals surface area (Å²) in [7, 11) is 3.20. The lowest BCUT2D eigenvalue weighted by atomic mass is 9.80. The van der Waals surface area contributed by atoms with Crippen LogP contribution in [0, 0.1) is 0 Å². The second-order valence-electron chi connectivity index (χ2n) is 11.2. The largest absolute Gasteiger partial charge is 0.497 e. The van der Waals surface area contributed by atoms with Crippen LogP contribution in [0.5, 0.6) is 11.5 Å². The fraction of sp³-hybridized carbons (Fsp3) is 0.459. The molecule has 0 bridgehead atoms. The molecule has 0 saturated carbocycles. The summed E-state index contributed by atoms with van der Waals surface area (Å²) in [6.45, 7) is 1.96. The third kappa shape index (κ3) is 13.5. The number of amides is 2. The molecule has 3 rings (SSSR count). The van der Waals surface area contributed by atoms with Gasteiger partial charge in [-0.3, -0.25) is 9.59 Å². The maximum absolute atomic E-state index is 12.7. The maximum atomic E-state index is 12.7. The van der Waals surface area contributed by atoms with E-state index in [0.29, 0.717) is 44.3 Å². The SMILES string of the molecule is COc1ccc(C(OCC[C@@H](O)C(=O)NCCCOCCOCCOCCCNC(=O)C(F)(F)F)(c2ccccc2)c2ccc(OC)cc2)cc1. The minimum Gasteiger partial charge on any atom is -0.497 e. The number of aliphatic hydroxyl groups is 1. The second-order valence-corrected chi connectivity index (χ2v) is 11.2. The van der Waals surface area contributed by atoms with Crippen LogP contribution < -0.4 is 20.1 Å². The molecule has 0 saturated heterocycles. The van der Waals surface area contributed by atoms with Gasteiger partial charge in [-0.1, -0.05) is 54.6 Å². The Morgan fingerprint density at radius 1 is 0.647 bits per heavy atom.